The molecule has 1 fully saturated rings. The molecule has 2 nitrogen and oxygen atoms in total. The minimum absolute atomic E-state index is 0.0775. The van der Waals surface area contributed by atoms with Gasteiger partial charge in [0.15, 0.2) is 0 Å². The second kappa shape index (κ2) is 5.15. The molecule has 1 saturated carbocycles. The highest BCUT2D eigenvalue weighted by Crippen LogP contribution is 2.34. The Morgan fingerprint density at radius 1 is 1.19 bits per heavy atom. The SMILES string of the molecule is CC(=O)OC1CCCC[C@@H]1c1ccccc1. The van der Waals surface area contributed by atoms with E-state index in [4.69, 9.17) is 4.74 Å². The number of benzene rings is 1. The van der Waals surface area contributed by atoms with Gasteiger partial charge in [0.25, 0.3) is 0 Å². The monoisotopic (exact) mass is 218 g/mol. The molecule has 1 aliphatic rings. The first kappa shape index (κ1) is 11.2. The maximum atomic E-state index is 11.1. The highest BCUT2D eigenvalue weighted by atomic mass is 16.5. The normalized spacial score (nSPS) is 25.1. The number of rotatable bonds is 2. The molecule has 1 aliphatic carbocycles. The predicted octanol–water partition coefficient (Wildman–Crippen LogP) is 3.28. The number of carbonyl (C=O) groups is 1. The molecule has 2 atom stereocenters. The molecular weight excluding hydrogens is 200 g/mol. The maximum absolute atomic E-state index is 11.1. The van der Waals surface area contributed by atoms with Gasteiger partial charge in [0.2, 0.25) is 0 Å². The van der Waals surface area contributed by atoms with Crippen LogP contribution in [0.4, 0.5) is 0 Å². The molecule has 0 spiro atoms. The van der Waals surface area contributed by atoms with E-state index in [1.807, 2.05) is 6.07 Å². The Kier molecular flexibility index (Phi) is 3.60. The van der Waals surface area contributed by atoms with Gasteiger partial charge < -0.3 is 4.74 Å². The van der Waals surface area contributed by atoms with Crippen LogP contribution in [0.15, 0.2) is 30.3 Å². The van der Waals surface area contributed by atoms with Gasteiger partial charge in [0, 0.05) is 12.8 Å². The number of hydrogen-bond acceptors (Lipinski definition) is 2. The van der Waals surface area contributed by atoms with Crippen molar-refractivity contribution >= 4 is 5.97 Å². The number of carbonyl (C=O) groups excluding carboxylic acids is 1. The average molecular weight is 218 g/mol. The van der Waals surface area contributed by atoms with Crippen molar-refractivity contribution in [1.29, 1.82) is 0 Å². The Morgan fingerprint density at radius 2 is 1.88 bits per heavy atom. The molecule has 1 unspecified atom stereocenters. The van der Waals surface area contributed by atoms with Crippen LogP contribution >= 0.6 is 0 Å². The van der Waals surface area contributed by atoms with E-state index in [9.17, 15) is 4.79 Å². The number of ether oxygens (including phenoxy) is 1. The molecule has 0 N–H and O–H groups in total. The Bertz CT molecular complexity index is 345. The van der Waals surface area contributed by atoms with Crippen molar-refractivity contribution in [3.8, 4) is 0 Å². The predicted molar refractivity (Wildman–Crippen MR) is 63.2 cm³/mol. The molecule has 0 aliphatic heterocycles. The third-order valence-corrected chi connectivity index (χ3v) is 3.25. The van der Waals surface area contributed by atoms with Crippen LogP contribution < -0.4 is 0 Å². The van der Waals surface area contributed by atoms with Gasteiger partial charge in [-0.1, -0.05) is 36.8 Å². The van der Waals surface area contributed by atoms with Gasteiger partial charge in [-0.25, -0.2) is 0 Å². The van der Waals surface area contributed by atoms with Crippen molar-refractivity contribution < 1.29 is 9.53 Å². The molecule has 0 radical (unpaired) electrons. The zero-order valence-corrected chi connectivity index (χ0v) is 9.69. The van der Waals surface area contributed by atoms with Gasteiger partial charge in [-0.3, -0.25) is 4.79 Å². The summed E-state index contributed by atoms with van der Waals surface area (Å²) in [6, 6.07) is 10.4. The van der Waals surface area contributed by atoms with E-state index < -0.39 is 0 Å². The summed E-state index contributed by atoms with van der Waals surface area (Å²) in [6.45, 7) is 1.50. The first-order chi connectivity index (χ1) is 7.77. The molecule has 16 heavy (non-hydrogen) atoms. The first-order valence-electron chi connectivity index (χ1n) is 5.99. The molecule has 0 aromatic heterocycles. The molecule has 0 saturated heterocycles. The van der Waals surface area contributed by atoms with Crippen molar-refractivity contribution in [3.05, 3.63) is 35.9 Å². The molecule has 0 bridgehead atoms. The van der Waals surface area contributed by atoms with E-state index in [1.54, 1.807) is 0 Å². The number of hydrogen-bond donors (Lipinski definition) is 0. The van der Waals surface area contributed by atoms with Crippen molar-refractivity contribution in [1.82, 2.24) is 0 Å². The van der Waals surface area contributed by atoms with E-state index in [0.29, 0.717) is 5.92 Å². The van der Waals surface area contributed by atoms with Crippen molar-refractivity contribution in [2.75, 3.05) is 0 Å². The fourth-order valence-electron chi connectivity index (χ4n) is 2.53. The van der Waals surface area contributed by atoms with Crippen LogP contribution in [-0.4, -0.2) is 12.1 Å². The first-order valence-corrected chi connectivity index (χ1v) is 5.99. The van der Waals surface area contributed by atoms with E-state index in [1.165, 1.54) is 25.3 Å². The van der Waals surface area contributed by atoms with E-state index in [-0.39, 0.29) is 12.1 Å². The second-order valence-electron chi connectivity index (χ2n) is 4.45. The largest absolute Gasteiger partial charge is 0.462 e. The summed E-state index contributed by atoms with van der Waals surface area (Å²) in [5.41, 5.74) is 1.30. The third-order valence-electron chi connectivity index (χ3n) is 3.25. The Hall–Kier alpha value is -1.31. The lowest BCUT2D eigenvalue weighted by molar-refractivity contribution is -0.148. The van der Waals surface area contributed by atoms with E-state index in [0.717, 1.165) is 12.8 Å². The summed E-state index contributed by atoms with van der Waals surface area (Å²) < 4.78 is 5.42. The highest BCUT2D eigenvalue weighted by molar-refractivity contribution is 5.66. The molecule has 1 aromatic rings. The van der Waals surface area contributed by atoms with Crippen LogP contribution in [0.5, 0.6) is 0 Å². The molecule has 0 heterocycles. The van der Waals surface area contributed by atoms with Gasteiger partial charge in [-0.15, -0.1) is 0 Å². The van der Waals surface area contributed by atoms with Crippen LogP contribution in [0.2, 0.25) is 0 Å². The van der Waals surface area contributed by atoms with Crippen molar-refractivity contribution in [3.63, 3.8) is 0 Å². The lowest BCUT2D eigenvalue weighted by Gasteiger charge is -2.31. The standard InChI is InChI=1S/C14H18O2/c1-11(15)16-14-10-6-5-9-13(14)12-7-3-2-4-8-12/h2-4,7-8,13-14H,5-6,9-10H2,1H3/t13-,14?/m1/s1. The summed E-state index contributed by atoms with van der Waals surface area (Å²) in [5, 5.41) is 0. The van der Waals surface area contributed by atoms with Gasteiger partial charge >= 0.3 is 5.97 Å². The van der Waals surface area contributed by atoms with Crippen molar-refractivity contribution in [2.45, 2.75) is 44.6 Å². The van der Waals surface area contributed by atoms with Gasteiger partial charge in [-0.2, -0.15) is 0 Å². The van der Waals surface area contributed by atoms with Crippen molar-refractivity contribution in [2.24, 2.45) is 0 Å². The molecule has 2 heteroatoms. The highest BCUT2D eigenvalue weighted by Gasteiger charge is 2.28. The van der Waals surface area contributed by atoms with Gasteiger partial charge in [0.1, 0.15) is 6.10 Å². The summed E-state index contributed by atoms with van der Waals surface area (Å²) in [7, 11) is 0. The fourth-order valence-corrected chi connectivity index (χ4v) is 2.53. The Morgan fingerprint density at radius 3 is 2.56 bits per heavy atom. The summed E-state index contributed by atoms with van der Waals surface area (Å²) in [4.78, 5) is 11.1. The van der Waals surface area contributed by atoms with Crippen LogP contribution in [0.3, 0.4) is 0 Å². The van der Waals surface area contributed by atoms with Crippen LogP contribution in [0, 0.1) is 0 Å². The molecular formula is C14H18O2. The zero-order valence-electron chi connectivity index (χ0n) is 9.69. The zero-order chi connectivity index (χ0) is 11.4. The molecule has 1 aromatic carbocycles. The second-order valence-corrected chi connectivity index (χ2v) is 4.45. The lowest BCUT2D eigenvalue weighted by atomic mass is 9.81. The maximum Gasteiger partial charge on any atom is 0.302 e. The van der Waals surface area contributed by atoms with E-state index >= 15 is 0 Å². The Labute approximate surface area is 96.6 Å². The van der Waals surface area contributed by atoms with Crippen LogP contribution in [0.25, 0.3) is 0 Å². The summed E-state index contributed by atoms with van der Waals surface area (Å²) in [6.07, 6.45) is 4.60. The lowest BCUT2D eigenvalue weighted by Crippen LogP contribution is -2.27. The minimum atomic E-state index is -0.159. The van der Waals surface area contributed by atoms with Crippen LogP contribution in [0.1, 0.15) is 44.1 Å². The quantitative estimate of drug-likeness (QED) is 0.712. The minimum Gasteiger partial charge on any atom is -0.462 e. The van der Waals surface area contributed by atoms with Gasteiger partial charge in [0.05, 0.1) is 0 Å². The van der Waals surface area contributed by atoms with Gasteiger partial charge in [-0.05, 0) is 24.8 Å². The average Bonchev–Trinajstić information content (AvgIpc) is 2.30. The molecule has 0 amide bonds. The third kappa shape index (κ3) is 2.63. The Balaban J connectivity index is 2.13. The smallest absolute Gasteiger partial charge is 0.302 e. The van der Waals surface area contributed by atoms with Crippen LogP contribution in [-0.2, 0) is 9.53 Å². The topological polar surface area (TPSA) is 26.3 Å². The number of esters is 1. The summed E-state index contributed by atoms with van der Waals surface area (Å²) >= 11 is 0. The fraction of sp³-hybridized carbons (Fsp3) is 0.500. The van der Waals surface area contributed by atoms with E-state index in [2.05, 4.69) is 24.3 Å². The molecule has 2 rings (SSSR count). The summed E-state index contributed by atoms with van der Waals surface area (Å²) in [5.74, 6) is 0.228. The molecule has 86 valence electrons.